The molecule has 1 aromatic heterocycles. The van der Waals surface area contributed by atoms with Crippen molar-refractivity contribution in [3.63, 3.8) is 0 Å². The van der Waals surface area contributed by atoms with Gasteiger partial charge in [0, 0.05) is 24.5 Å². The lowest BCUT2D eigenvalue weighted by Crippen LogP contribution is -2.35. The van der Waals surface area contributed by atoms with Crippen LogP contribution in [0.1, 0.15) is 19.8 Å². The Morgan fingerprint density at radius 2 is 1.91 bits per heavy atom. The van der Waals surface area contributed by atoms with Crippen LogP contribution in [0, 0.1) is 5.92 Å². The molecule has 0 amide bonds. The summed E-state index contributed by atoms with van der Waals surface area (Å²) in [6, 6.07) is 3.78. The molecular formula is C16H20ClN3O2. The second-order valence-corrected chi connectivity index (χ2v) is 6.07. The van der Waals surface area contributed by atoms with Crippen LogP contribution >= 0.6 is 11.6 Å². The zero-order valence-electron chi connectivity index (χ0n) is 13.1. The Balaban J connectivity index is 2.16. The minimum Gasteiger partial charge on any atom is -0.493 e. The Labute approximate surface area is 135 Å². The minimum atomic E-state index is 0.257. The fourth-order valence-corrected chi connectivity index (χ4v) is 3.21. The molecule has 0 bridgehead atoms. The van der Waals surface area contributed by atoms with Crippen LogP contribution in [0.25, 0.3) is 10.9 Å². The first-order valence-electron chi connectivity index (χ1n) is 7.46. The SMILES string of the molecule is COc1cc2nc(Cl)nc(N3CCC[C@H](C)C3)c2cc1OC. The summed E-state index contributed by atoms with van der Waals surface area (Å²) in [5.41, 5.74) is 0.769. The summed E-state index contributed by atoms with van der Waals surface area (Å²) in [6.07, 6.45) is 2.42. The van der Waals surface area contributed by atoms with Crippen molar-refractivity contribution in [2.24, 2.45) is 5.92 Å². The molecule has 2 heterocycles. The Morgan fingerprint density at radius 3 is 2.59 bits per heavy atom. The molecule has 0 saturated carbocycles. The average molecular weight is 322 g/mol. The molecule has 1 saturated heterocycles. The van der Waals surface area contributed by atoms with E-state index in [0.29, 0.717) is 17.4 Å². The van der Waals surface area contributed by atoms with E-state index in [0.717, 1.165) is 36.2 Å². The molecule has 1 aromatic carbocycles. The van der Waals surface area contributed by atoms with Gasteiger partial charge >= 0.3 is 0 Å². The Bertz CT molecular complexity index is 693. The van der Waals surface area contributed by atoms with Gasteiger partial charge in [0.25, 0.3) is 0 Å². The molecule has 22 heavy (non-hydrogen) atoms. The third-order valence-electron chi connectivity index (χ3n) is 4.11. The molecule has 0 spiro atoms. The van der Waals surface area contributed by atoms with Crippen LogP contribution in [0.2, 0.25) is 5.28 Å². The van der Waals surface area contributed by atoms with E-state index in [2.05, 4.69) is 21.8 Å². The number of aromatic nitrogens is 2. The first kappa shape index (κ1) is 15.2. The first-order chi connectivity index (χ1) is 10.6. The van der Waals surface area contributed by atoms with Crippen LogP contribution in [0.3, 0.4) is 0 Å². The van der Waals surface area contributed by atoms with Crippen molar-refractivity contribution in [1.82, 2.24) is 9.97 Å². The molecule has 1 fully saturated rings. The molecule has 5 nitrogen and oxygen atoms in total. The highest BCUT2D eigenvalue weighted by Gasteiger charge is 2.21. The molecule has 2 aromatic rings. The minimum absolute atomic E-state index is 0.257. The van der Waals surface area contributed by atoms with Crippen LogP contribution in [-0.4, -0.2) is 37.3 Å². The molecule has 6 heteroatoms. The third kappa shape index (κ3) is 2.77. The number of nitrogens with zero attached hydrogens (tertiary/aromatic N) is 3. The maximum absolute atomic E-state index is 6.13. The Hall–Kier alpha value is -1.75. The maximum atomic E-state index is 6.13. The molecule has 118 valence electrons. The maximum Gasteiger partial charge on any atom is 0.224 e. The number of ether oxygens (including phenoxy) is 2. The summed E-state index contributed by atoms with van der Waals surface area (Å²) in [5.74, 6) is 2.84. The number of hydrogen-bond donors (Lipinski definition) is 0. The highest BCUT2D eigenvalue weighted by Crippen LogP contribution is 2.36. The predicted molar refractivity (Wildman–Crippen MR) is 88.3 cm³/mol. The predicted octanol–water partition coefficient (Wildman–Crippen LogP) is 3.54. The van der Waals surface area contributed by atoms with Crippen molar-refractivity contribution in [2.45, 2.75) is 19.8 Å². The summed E-state index contributed by atoms with van der Waals surface area (Å²) in [7, 11) is 3.24. The molecule has 0 unspecified atom stereocenters. The van der Waals surface area contributed by atoms with Crippen molar-refractivity contribution in [3.05, 3.63) is 17.4 Å². The van der Waals surface area contributed by atoms with Gasteiger partial charge in [-0.1, -0.05) is 6.92 Å². The lowest BCUT2D eigenvalue weighted by atomic mass is 10.00. The zero-order chi connectivity index (χ0) is 15.7. The highest BCUT2D eigenvalue weighted by molar-refractivity contribution is 6.28. The fraction of sp³-hybridized carbons (Fsp3) is 0.500. The van der Waals surface area contributed by atoms with Gasteiger partial charge in [0.2, 0.25) is 5.28 Å². The van der Waals surface area contributed by atoms with Gasteiger partial charge in [-0.25, -0.2) is 4.98 Å². The van der Waals surface area contributed by atoms with E-state index >= 15 is 0 Å². The lowest BCUT2D eigenvalue weighted by molar-refractivity contribution is 0.355. The molecule has 0 radical (unpaired) electrons. The first-order valence-corrected chi connectivity index (χ1v) is 7.84. The van der Waals surface area contributed by atoms with E-state index in [1.54, 1.807) is 14.2 Å². The topological polar surface area (TPSA) is 47.5 Å². The van der Waals surface area contributed by atoms with E-state index in [4.69, 9.17) is 21.1 Å². The number of rotatable bonds is 3. The number of anilines is 1. The molecule has 0 N–H and O–H groups in total. The number of benzene rings is 1. The molecule has 1 aliphatic rings. The summed E-state index contributed by atoms with van der Waals surface area (Å²) in [5, 5.41) is 1.20. The van der Waals surface area contributed by atoms with E-state index in [9.17, 15) is 0 Å². The lowest BCUT2D eigenvalue weighted by Gasteiger charge is -2.32. The van der Waals surface area contributed by atoms with Gasteiger partial charge in [0.1, 0.15) is 5.82 Å². The van der Waals surface area contributed by atoms with E-state index in [-0.39, 0.29) is 5.28 Å². The third-order valence-corrected chi connectivity index (χ3v) is 4.28. The number of methoxy groups -OCH3 is 2. The van der Waals surface area contributed by atoms with E-state index in [1.807, 2.05) is 12.1 Å². The largest absolute Gasteiger partial charge is 0.493 e. The van der Waals surface area contributed by atoms with Gasteiger partial charge in [-0.05, 0) is 36.4 Å². The number of halogens is 1. The second kappa shape index (κ2) is 6.16. The standard InChI is InChI=1S/C16H20ClN3O2/c1-10-5-4-6-20(9-10)15-11-7-13(21-2)14(22-3)8-12(11)18-16(17)19-15/h7-8,10H,4-6,9H2,1-3H3/t10-/m0/s1. The van der Waals surface area contributed by atoms with Gasteiger partial charge in [0.15, 0.2) is 11.5 Å². The van der Waals surface area contributed by atoms with Gasteiger partial charge in [0.05, 0.1) is 19.7 Å². The Kier molecular flexibility index (Phi) is 4.25. The molecular weight excluding hydrogens is 302 g/mol. The molecule has 0 aliphatic carbocycles. The van der Waals surface area contributed by atoms with Gasteiger partial charge in [-0.3, -0.25) is 0 Å². The van der Waals surface area contributed by atoms with Crippen molar-refractivity contribution < 1.29 is 9.47 Å². The quantitative estimate of drug-likeness (QED) is 0.809. The molecule has 3 rings (SSSR count). The van der Waals surface area contributed by atoms with Crippen molar-refractivity contribution >= 4 is 28.3 Å². The normalized spacial score (nSPS) is 18.5. The fourth-order valence-electron chi connectivity index (χ4n) is 3.03. The van der Waals surface area contributed by atoms with E-state index < -0.39 is 0 Å². The van der Waals surface area contributed by atoms with Crippen molar-refractivity contribution in [3.8, 4) is 11.5 Å². The van der Waals surface area contributed by atoms with Crippen LogP contribution < -0.4 is 14.4 Å². The number of hydrogen-bond acceptors (Lipinski definition) is 5. The smallest absolute Gasteiger partial charge is 0.224 e. The molecule has 1 aliphatic heterocycles. The Morgan fingerprint density at radius 1 is 1.18 bits per heavy atom. The summed E-state index contributed by atoms with van der Waals surface area (Å²) in [6.45, 7) is 4.23. The van der Waals surface area contributed by atoms with Gasteiger partial charge in [-0.2, -0.15) is 4.98 Å². The second-order valence-electron chi connectivity index (χ2n) is 5.73. The van der Waals surface area contributed by atoms with Gasteiger partial charge < -0.3 is 14.4 Å². The van der Waals surface area contributed by atoms with E-state index in [1.165, 1.54) is 6.42 Å². The zero-order valence-corrected chi connectivity index (χ0v) is 13.9. The molecule has 1 atom stereocenters. The summed E-state index contributed by atoms with van der Waals surface area (Å²) >= 11 is 6.13. The average Bonchev–Trinajstić information content (AvgIpc) is 2.52. The highest BCUT2D eigenvalue weighted by atomic mass is 35.5. The van der Waals surface area contributed by atoms with Crippen LogP contribution in [0.5, 0.6) is 11.5 Å². The number of fused-ring (bicyclic) bond motifs is 1. The van der Waals surface area contributed by atoms with Crippen LogP contribution in [-0.2, 0) is 0 Å². The van der Waals surface area contributed by atoms with Crippen LogP contribution in [0.15, 0.2) is 12.1 Å². The van der Waals surface area contributed by atoms with Crippen molar-refractivity contribution in [2.75, 3.05) is 32.2 Å². The van der Waals surface area contributed by atoms with Gasteiger partial charge in [-0.15, -0.1) is 0 Å². The summed E-state index contributed by atoms with van der Waals surface area (Å²) in [4.78, 5) is 11.1. The van der Waals surface area contributed by atoms with Crippen molar-refractivity contribution in [1.29, 1.82) is 0 Å². The summed E-state index contributed by atoms with van der Waals surface area (Å²) < 4.78 is 10.8. The number of piperidine rings is 1. The van der Waals surface area contributed by atoms with Crippen LogP contribution in [0.4, 0.5) is 5.82 Å². The monoisotopic (exact) mass is 321 g/mol.